The number of carboxylic acids is 1. The van der Waals surface area contributed by atoms with Gasteiger partial charge in [0.05, 0.1) is 24.1 Å². The third kappa shape index (κ3) is 7.50. The molecular weight excluding hydrogens is 610 g/mol. The molecule has 0 amide bonds. The Hall–Kier alpha value is -3.46. The summed E-state index contributed by atoms with van der Waals surface area (Å²) in [6.45, 7) is 15.6. The van der Waals surface area contributed by atoms with E-state index in [1.165, 1.54) is 12.1 Å². The summed E-state index contributed by atoms with van der Waals surface area (Å²) >= 11 is 0. The first-order valence-electron chi connectivity index (χ1n) is 16.6. The molecule has 6 nitrogen and oxygen atoms in total. The van der Waals surface area contributed by atoms with E-state index in [4.69, 9.17) is 9.16 Å². The van der Waals surface area contributed by atoms with E-state index in [2.05, 4.69) is 38.8 Å². The second-order valence-electron chi connectivity index (χ2n) is 14.5. The lowest BCUT2D eigenvalue weighted by Gasteiger charge is -2.43. The monoisotopic (exact) mass is 661 g/mol. The highest BCUT2D eigenvalue weighted by Gasteiger charge is 2.57. The average Bonchev–Trinajstić information content (AvgIpc) is 3.31. The van der Waals surface area contributed by atoms with Crippen LogP contribution >= 0.6 is 0 Å². The molecule has 3 aromatic carbocycles. The predicted molar refractivity (Wildman–Crippen MR) is 189 cm³/mol. The highest BCUT2D eigenvalue weighted by atomic mass is 28.4. The van der Waals surface area contributed by atoms with Crippen LogP contribution in [0.4, 0.5) is 4.39 Å². The van der Waals surface area contributed by atoms with Gasteiger partial charge < -0.3 is 24.3 Å². The fraction of sp³-hybridized carbons (Fsp3) is 0.462. The number of ether oxygens (including phenoxy) is 1. The number of aliphatic carboxylic acids is 1. The van der Waals surface area contributed by atoms with Gasteiger partial charge in [-0.05, 0) is 78.2 Å². The molecule has 1 heterocycles. The van der Waals surface area contributed by atoms with Crippen molar-refractivity contribution in [1.82, 2.24) is 4.90 Å². The minimum atomic E-state index is -2.17. The number of para-hydroxylation sites is 1. The fourth-order valence-corrected chi connectivity index (χ4v) is 8.37. The van der Waals surface area contributed by atoms with Crippen molar-refractivity contribution < 1.29 is 28.6 Å². The predicted octanol–water partition coefficient (Wildman–Crippen LogP) is 8.53. The first-order valence-corrected chi connectivity index (χ1v) is 19.5. The Morgan fingerprint density at radius 2 is 1.60 bits per heavy atom. The van der Waals surface area contributed by atoms with Crippen molar-refractivity contribution in [3.05, 3.63) is 113 Å². The van der Waals surface area contributed by atoms with Gasteiger partial charge in [-0.2, -0.15) is 0 Å². The van der Waals surface area contributed by atoms with Crippen molar-refractivity contribution in [2.75, 3.05) is 20.3 Å². The molecule has 3 unspecified atom stereocenters. The van der Waals surface area contributed by atoms with Gasteiger partial charge in [0.1, 0.15) is 11.6 Å². The molecule has 0 aliphatic carbocycles. The Bertz CT molecular complexity index is 1530. The van der Waals surface area contributed by atoms with Crippen LogP contribution in [0.2, 0.25) is 18.1 Å². The fourth-order valence-electron chi connectivity index (χ4n) is 6.95. The molecule has 3 atom stereocenters. The maximum Gasteiger partial charge on any atom is 0.334 e. The third-order valence-electron chi connectivity index (χ3n) is 10.1. The molecule has 254 valence electrons. The number of aliphatic hydroxyl groups excluding tert-OH is 1. The third-order valence-corrected chi connectivity index (χ3v) is 14.6. The summed E-state index contributed by atoms with van der Waals surface area (Å²) in [4.78, 5) is 16.0. The van der Waals surface area contributed by atoms with Crippen LogP contribution in [0, 0.1) is 11.7 Å². The van der Waals surface area contributed by atoms with Gasteiger partial charge in [-0.15, -0.1) is 0 Å². The zero-order valence-corrected chi connectivity index (χ0v) is 30.2. The van der Waals surface area contributed by atoms with Gasteiger partial charge in [0.25, 0.3) is 0 Å². The molecule has 0 fully saturated rings. The van der Waals surface area contributed by atoms with Crippen molar-refractivity contribution in [3.63, 3.8) is 0 Å². The number of methoxy groups -OCH3 is 1. The molecule has 1 aliphatic heterocycles. The molecule has 3 aromatic rings. The van der Waals surface area contributed by atoms with Crippen molar-refractivity contribution in [3.8, 4) is 5.75 Å². The van der Waals surface area contributed by atoms with Gasteiger partial charge in [0.2, 0.25) is 0 Å². The highest BCUT2D eigenvalue weighted by molar-refractivity contribution is 6.74. The van der Waals surface area contributed by atoms with Crippen LogP contribution in [0.5, 0.6) is 5.75 Å². The molecule has 0 bridgehead atoms. The average molecular weight is 662 g/mol. The van der Waals surface area contributed by atoms with E-state index in [-0.39, 0.29) is 29.5 Å². The highest BCUT2D eigenvalue weighted by Crippen LogP contribution is 2.58. The van der Waals surface area contributed by atoms with Gasteiger partial charge in [0.15, 0.2) is 8.32 Å². The lowest BCUT2D eigenvalue weighted by Crippen LogP contribution is -2.45. The minimum absolute atomic E-state index is 0.00428. The standard InChI is InChI=1S/C39H52FNO5Si/c1-27(2)35-34(37(43)44)39(30-15-10-9-11-16-30,26-29-14-12-13-17-33(29)45-6)36(28-18-20-31(40)21-19-28)41(35)24-22-32(23-25-42)46-47(7,8)38(3,4)5/h9-21,27,32,36,42H,22-26H2,1-8H3,(H,43,44). The summed E-state index contributed by atoms with van der Waals surface area (Å²) in [6, 6.07) is 23.6. The second-order valence-corrected chi connectivity index (χ2v) is 19.3. The molecule has 0 saturated heterocycles. The van der Waals surface area contributed by atoms with Gasteiger partial charge in [-0.1, -0.05) is 95.3 Å². The van der Waals surface area contributed by atoms with Gasteiger partial charge in [-0.3, -0.25) is 0 Å². The smallest absolute Gasteiger partial charge is 0.334 e. The van der Waals surface area contributed by atoms with Crippen LogP contribution in [0.15, 0.2) is 90.1 Å². The first-order chi connectivity index (χ1) is 22.2. The summed E-state index contributed by atoms with van der Waals surface area (Å²) in [7, 11) is -0.545. The topological polar surface area (TPSA) is 79.2 Å². The molecular formula is C39H52FNO5Si. The van der Waals surface area contributed by atoms with Crippen molar-refractivity contribution >= 4 is 14.3 Å². The van der Waals surface area contributed by atoms with Crippen LogP contribution in [-0.2, 0) is 21.1 Å². The molecule has 4 rings (SSSR count). The van der Waals surface area contributed by atoms with Crippen molar-refractivity contribution in [2.45, 2.75) is 89.6 Å². The minimum Gasteiger partial charge on any atom is -0.496 e. The number of rotatable bonds is 14. The lowest BCUT2D eigenvalue weighted by atomic mass is 9.64. The zero-order chi connectivity index (χ0) is 34.6. The summed E-state index contributed by atoms with van der Waals surface area (Å²) in [6.07, 6.45) is 1.21. The molecule has 0 saturated carbocycles. The summed E-state index contributed by atoms with van der Waals surface area (Å²) in [5.41, 5.74) is 2.59. The Labute approximate surface area is 281 Å². The largest absolute Gasteiger partial charge is 0.496 e. The van der Waals surface area contributed by atoms with E-state index in [0.717, 1.165) is 22.4 Å². The van der Waals surface area contributed by atoms with Gasteiger partial charge >= 0.3 is 5.97 Å². The maximum absolute atomic E-state index is 14.5. The SMILES string of the molecule is COc1ccccc1CC1(c2ccccc2)C(C(=O)O)=C(C(C)C)N(CCC(CCO)O[Si](C)(C)C(C)(C)C)C1c1ccc(F)cc1. The van der Waals surface area contributed by atoms with Crippen LogP contribution in [-0.4, -0.2) is 55.8 Å². The summed E-state index contributed by atoms with van der Waals surface area (Å²) < 4.78 is 27.1. The molecule has 47 heavy (non-hydrogen) atoms. The number of hydrogen-bond acceptors (Lipinski definition) is 5. The molecule has 0 radical (unpaired) electrons. The molecule has 0 spiro atoms. The molecule has 1 aliphatic rings. The quantitative estimate of drug-likeness (QED) is 0.169. The molecule has 2 N–H and O–H groups in total. The van der Waals surface area contributed by atoms with Crippen molar-refractivity contribution in [2.24, 2.45) is 5.92 Å². The number of allylic oxidation sites excluding steroid dienone is 1. The van der Waals surface area contributed by atoms with Crippen LogP contribution in [0.3, 0.4) is 0 Å². The number of hydrogen-bond donors (Lipinski definition) is 2. The normalized spacial score (nSPS) is 19.4. The number of nitrogens with zero attached hydrogens (tertiary/aromatic N) is 1. The van der Waals surface area contributed by atoms with Gasteiger partial charge in [0, 0.05) is 25.0 Å². The maximum atomic E-state index is 14.5. The van der Waals surface area contributed by atoms with E-state index in [1.807, 2.05) is 68.4 Å². The van der Waals surface area contributed by atoms with E-state index < -0.39 is 25.7 Å². The van der Waals surface area contributed by atoms with E-state index in [9.17, 15) is 19.4 Å². The van der Waals surface area contributed by atoms with E-state index >= 15 is 0 Å². The first kappa shape index (κ1) is 36.4. The number of benzene rings is 3. The Balaban J connectivity index is 1.99. The van der Waals surface area contributed by atoms with Gasteiger partial charge in [-0.25, -0.2) is 9.18 Å². The Kier molecular flexibility index (Phi) is 11.4. The van der Waals surface area contributed by atoms with Crippen molar-refractivity contribution in [1.29, 1.82) is 0 Å². The van der Waals surface area contributed by atoms with Crippen LogP contribution < -0.4 is 4.74 Å². The van der Waals surface area contributed by atoms with Crippen LogP contribution in [0.1, 0.15) is 70.2 Å². The summed E-state index contributed by atoms with van der Waals surface area (Å²) in [5, 5.41) is 21.3. The Morgan fingerprint density at radius 1 is 0.979 bits per heavy atom. The van der Waals surface area contributed by atoms with Crippen LogP contribution in [0.25, 0.3) is 0 Å². The number of halogens is 1. The zero-order valence-electron chi connectivity index (χ0n) is 29.2. The molecule has 0 aromatic heterocycles. The van der Waals surface area contributed by atoms with E-state index in [1.54, 1.807) is 19.2 Å². The lowest BCUT2D eigenvalue weighted by molar-refractivity contribution is -0.133. The summed E-state index contributed by atoms with van der Waals surface area (Å²) in [5.74, 6) is -0.785. The second kappa shape index (κ2) is 14.8. The van der Waals surface area contributed by atoms with E-state index in [0.29, 0.717) is 37.1 Å². The number of aliphatic hydroxyl groups is 1. The number of carboxylic acid groups (broad SMARTS) is 1. The Morgan fingerprint density at radius 3 is 2.15 bits per heavy atom. The molecule has 8 heteroatoms. The number of carbonyl (C=O) groups is 1.